The molecule has 1 spiro atoms. The van der Waals surface area contributed by atoms with Crippen molar-refractivity contribution < 1.29 is 9.53 Å². The van der Waals surface area contributed by atoms with Crippen molar-refractivity contribution >= 4 is 5.91 Å². The Morgan fingerprint density at radius 2 is 1.78 bits per heavy atom. The number of carbonyl (C=O) groups is 1. The molecule has 0 aromatic heterocycles. The Labute approximate surface area is 141 Å². The molecule has 2 atom stereocenters. The maximum atomic E-state index is 12.7. The largest absolute Gasteiger partial charge is 0.378 e. The number of nitrogens with zero attached hydrogens (tertiary/aromatic N) is 2. The normalized spacial score (nSPS) is 30.5. The molecular weight excluding hydrogens is 288 g/mol. The number of hydrogen-bond acceptors (Lipinski definition) is 3. The summed E-state index contributed by atoms with van der Waals surface area (Å²) in [5.41, 5.74) is 0.337. The molecule has 1 amide bonds. The average molecular weight is 322 g/mol. The van der Waals surface area contributed by atoms with Crippen molar-refractivity contribution in [1.82, 2.24) is 9.80 Å². The van der Waals surface area contributed by atoms with Crippen molar-refractivity contribution in [2.24, 2.45) is 5.41 Å². The van der Waals surface area contributed by atoms with Gasteiger partial charge in [-0.1, -0.05) is 25.7 Å². The summed E-state index contributed by atoms with van der Waals surface area (Å²) in [6.45, 7) is 5.43. The minimum absolute atomic E-state index is 0.336. The third-order valence-corrected chi connectivity index (χ3v) is 6.52. The van der Waals surface area contributed by atoms with Gasteiger partial charge in [-0.15, -0.1) is 0 Å². The summed E-state index contributed by atoms with van der Waals surface area (Å²) in [4.78, 5) is 17.1. The van der Waals surface area contributed by atoms with E-state index < -0.39 is 0 Å². The van der Waals surface area contributed by atoms with Crippen LogP contribution >= 0.6 is 0 Å². The van der Waals surface area contributed by atoms with Crippen LogP contribution in [0.25, 0.3) is 0 Å². The number of hydrogen-bond donors (Lipinski definition) is 0. The van der Waals surface area contributed by atoms with E-state index in [1.54, 1.807) is 0 Å². The van der Waals surface area contributed by atoms with Crippen molar-refractivity contribution in [2.45, 2.75) is 76.9 Å². The molecule has 2 unspecified atom stereocenters. The van der Waals surface area contributed by atoms with E-state index in [-0.39, 0.29) is 0 Å². The second-order valence-corrected chi connectivity index (χ2v) is 7.85. The van der Waals surface area contributed by atoms with Gasteiger partial charge in [-0.2, -0.15) is 0 Å². The highest BCUT2D eigenvalue weighted by Gasteiger charge is 2.58. The molecule has 0 aromatic rings. The van der Waals surface area contributed by atoms with Gasteiger partial charge in [0, 0.05) is 31.2 Å². The summed E-state index contributed by atoms with van der Waals surface area (Å²) >= 11 is 0. The molecule has 3 fully saturated rings. The van der Waals surface area contributed by atoms with Gasteiger partial charge >= 0.3 is 0 Å². The van der Waals surface area contributed by atoms with Crippen LogP contribution in [-0.4, -0.2) is 61.1 Å². The first-order chi connectivity index (χ1) is 11.2. The van der Waals surface area contributed by atoms with Crippen LogP contribution in [0.4, 0.5) is 0 Å². The van der Waals surface area contributed by atoms with E-state index in [1.165, 1.54) is 51.4 Å². The molecule has 2 saturated carbocycles. The number of rotatable bonds is 5. The van der Waals surface area contributed by atoms with Gasteiger partial charge in [-0.25, -0.2) is 0 Å². The fourth-order valence-electron chi connectivity index (χ4n) is 5.21. The Bertz CT molecular complexity index is 398. The SMILES string of the molecule is CCOC1CC(N(C)CC(=O)N2CCCCCC2)C12CCCC2. The topological polar surface area (TPSA) is 32.8 Å². The van der Waals surface area contributed by atoms with Gasteiger partial charge in [-0.3, -0.25) is 9.69 Å². The van der Waals surface area contributed by atoms with Crippen LogP contribution in [0.1, 0.15) is 64.7 Å². The minimum atomic E-state index is 0.336. The zero-order valence-electron chi connectivity index (χ0n) is 15.1. The Kier molecular flexibility index (Phi) is 5.63. The zero-order valence-corrected chi connectivity index (χ0v) is 15.1. The lowest BCUT2D eigenvalue weighted by atomic mass is 9.60. The minimum Gasteiger partial charge on any atom is -0.378 e. The van der Waals surface area contributed by atoms with E-state index in [2.05, 4.69) is 23.8 Å². The highest BCUT2D eigenvalue weighted by atomic mass is 16.5. The summed E-state index contributed by atoms with van der Waals surface area (Å²) in [6, 6.07) is 0.539. The van der Waals surface area contributed by atoms with Crippen molar-refractivity contribution in [3.8, 4) is 0 Å². The van der Waals surface area contributed by atoms with Gasteiger partial charge < -0.3 is 9.64 Å². The van der Waals surface area contributed by atoms with E-state index in [4.69, 9.17) is 4.74 Å². The summed E-state index contributed by atoms with van der Waals surface area (Å²) in [6.07, 6.45) is 11.7. The Balaban J connectivity index is 1.57. The lowest BCUT2D eigenvalue weighted by molar-refractivity contribution is -0.165. The lowest BCUT2D eigenvalue weighted by Crippen LogP contribution is -2.64. The number of carbonyl (C=O) groups excluding carboxylic acids is 1. The van der Waals surface area contributed by atoms with Gasteiger partial charge in [0.25, 0.3) is 0 Å². The molecule has 132 valence electrons. The highest BCUT2D eigenvalue weighted by molar-refractivity contribution is 5.78. The predicted molar refractivity (Wildman–Crippen MR) is 92.4 cm³/mol. The van der Waals surface area contributed by atoms with Gasteiger partial charge in [0.15, 0.2) is 0 Å². The summed E-state index contributed by atoms with van der Waals surface area (Å²) < 4.78 is 6.01. The lowest BCUT2D eigenvalue weighted by Gasteiger charge is -2.57. The molecule has 0 aromatic carbocycles. The fourth-order valence-corrected chi connectivity index (χ4v) is 5.21. The molecular formula is C19H34N2O2. The van der Waals surface area contributed by atoms with E-state index in [0.29, 0.717) is 30.0 Å². The van der Waals surface area contributed by atoms with Crippen LogP contribution in [0.3, 0.4) is 0 Å². The monoisotopic (exact) mass is 322 g/mol. The quantitative estimate of drug-likeness (QED) is 0.780. The van der Waals surface area contributed by atoms with E-state index in [1.807, 2.05) is 0 Å². The number of ether oxygens (including phenoxy) is 1. The van der Waals surface area contributed by atoms with Crippen LogP contribution in [0.15, 0.2) is 0 Å². The van der Waals surface area contributed by atoms with Crippen LogP contribution in [0.5, 0.6) is 0 Å². The van der Waals surface area contributed by atoms with Gasteiger partial charge in [0.05, 0.1) is 12.6 Å². The van der Waals surface area contributed by atoms with Crippen molar-refractivity contribution in [3.05, 3.63) is 0 Å². The van der Waals surface area contributed by atoms with Crippen LogP contribution in [0, 0.1) is 5.41 Å². The zero-order chi connectivity index (χ0) is 16.3. The molecule has 1 heterocycles. The third-order valence-electron chi connectivity index (χ3n) is 6.52. The molecule has 1 aliphatic heterocycles. The molecule has 0 radical (unpaired) electrons. The van der Waals surface area contributed by atoms with Crippen molar-refractivity contribution in [1.29, 1.82) is 0 Å². The van der Waals surface area contributed by atoms with E-state index in [9.17, 15) is 4.79 Å². The Hall–Kier alpha value is -0.610. The first-order valence-corrected chi connectivity index (χ1v) is 9.77. The van der Waals surface area contributed by atoms with Gasteiger partial charge in [-0.05, 0) is 46.1 Å². The van der Waals surface area contributed by atoms with Crippen LogP contribution in [0.2, 0.25) is 0 Å². The molecule has 3 rings (SSSR count). The second kappa shape index (κ2) is 7.52. The number of likely N-dealkylation sites (N-methyl/N-ethyl adjacent to an activating group) is 1. The van der Waals surface area contributed by atoms with E-state index >= 15 is 0 Å². The summed E-state index contributed by atoms with van der Waals surface area (Å²) in [5.74, 6) is 0.336. The fraction of sp³-hybridized carbons (Fsp3) is 0.947. The summed E-state index contributed by atoms with van der Waals surface area (Å²) in [5, 5.41) is 0. The first kappa shape index (κ1) is 17.2. The average Bonchev–Trinajstić information content (AvgIpc) is 2.90. The molecule has 4 nitrogen and oxygen atoms in total. The van der Waals surface area contributed by atoms with Crippen molar-refractivity contribution in [3.63, 3.8) is 0 Å². The van der Waals surface area contributed by atoms with Gasteiger partial charge in [0.2, 0.25) is 5.91 Å². The highest BCUT2D eigenvalue weighted by Crippen LogP contribution is 2.56. The van der Waals surface area contributed by atoms with E-state index in [0.717, 1.165) is 26.1 Å². The number of likely N-dealkylation sites (tertiary alicyclic amines) is 1. The Morgan fingerprint density at radius 3 is 2.39 bits per heavy atom. The maximum Gasteiger partial charge on any atom is 0.236 e. The molecule has 0 N–H and O–H groups in total. The molecule has 0 bridgehead atoms. The predicted octanol–water partition coefficient (Wildman–Crippen LogP) is 3.06. The standard InChI is InChI=1S/C19H34N2O2/c1-3-23-17-14-16(19(17)10-6-7-11-19)20(2)15-18(22)21-12-8-4-5-9-13-21/h16-17H,3-15H2,1-2H3. The maximum absolute atomic E-state index is 12.7. The summed E-state index contributed by atoms with van der Waals surface area (Å²) in [7, 11) is 2.16. The molecule has 4 heteroatoms. The molecule has 3 aliphatic rings. The molecule has 23 heavy (non-hydrogen) atoms. The number of amides is 1. The van der Waals surface area contributed by atoms with Crippen molar-refractivity contribution in [2.75, 3.05) is 33.3 Å². The van der Waals surface area contributed by atoms with Gasteiger partial charge in [0.1, 0.15) is 0 Å². The van der Waals surface area contributed by atoms with Crippen LogP contribution < -0.4 is 0 Å². The van der Waals surface area contributed by atoms with Crippen LogP contribution in [-0.2, 0) is 9.53 Å². The Morgan fingerprint density at radius 1 is 1.13 bits per heavy atom. The first-order valence-electron chi connectivity index (χ1n) is 9.77. The molecule has 2 aliphatic carbocycles. The second-order valence-electron chi connectivity index (χ2n) is 7.85. The molecule has 1 saturated heterocycles. The third kappa shape index (κ3) is 3.43. The smallest absolute Gasteiger partial charge is 0.236 e.